The number of allylic oxidation sites excluding steroid dienone is 1. The second-order valence-electron chi connectivity index (χ2n) is 3.70. The Balaban J connectivity index is 2.56. The molecule has 0 aliphatic carbocycles. The van der Waals surface area contributed by atoms with Gasteiger partial charge in [-0.05, 0) is 19.3 Å². The molecule has 0 fully saturated rings. The summed E-state index contributed by atoms with van der Waals surface area (Å²) in [6, 6.07) is 0. The van der Waals surface area contributed by atoms with Crippen molar-refractivity contribution in [1.82, 2.24) is 0 Å². The molecule has 14 heavy (non-hydrogen) atoms. The number of carbonyl (C=O) groups is 1. The summed E-state index contributed by atoms with van der Waals surface area (Å²) in [5.41, 5.74) is 6.40. The van der Waals surface area contributed by atoms with Crippen LogP contribution < -0.4 is 5.73 Å². The van der Waals surface area contributed by atoms with E-state index in [4.69, 9.17) is 10.5 Å². The van der Waals surface area contributed by atoms with Crippen molar-refractivity contribution in [2.24, 2.45) is 11.7 Å². The van der Waals surface area contributed by atoms with Crippen molar-refractivity contribution in [3.8, 4) is 0 Å². The number of rotatable bonds is 5. The Hall–Kier alpha value is -0.830. The number of hydrogen-bond donors (Lipinski definition) is 1. The van der Waals surface area contributed by atoms with Gasteiger partial charge in [-0.3, -0.25) is 4.79 Å². The fraction of sp³-hybridized carbons (Fsp3) is 0.727. The minimum atomic E-state index is -0.00653. The molecule has 1 unspecified atom stereocenters. The highest BCUT2D eigenvalue weighted by molar-refractivity contribution is 5.97. The van der Waals surface area contributed by atoms with Crippen LogP contribution in [0, 0.1) is 5.92 Å². The molecule has 1 atom stereocenters. The largest absolute Gasteiger partial charge is 0.501 e. The zero-order valence-electron chi connectivity index (χ0n) is 8.79. The molecule has 80 valence electrons. The third-order valence-corrected chi connectivity index (χ3v) is 2.54. The van der Waals surface area contributed by atoms with Crippen molar-refractivity contribution in [3.05, 3.63) is 11.8 Å². The summed E-state index contributed by atoms with van der Waals surface area (Å²) in [4.78, 5) is 11.9. The van der Waals surface area contributed by atoms with Gasteiger partial charge in [0.2, 0.25) is 0 Å². The molecule has 0 spiro atoms. The molecule has 0 radical (unpaired) electrons. The summed E-state index contributed by atoms with van der Waals surface area (Å²) in [5.74, 6) is 0.182. The first-order valence-electron chi connectivity index (χ1n) is 5.34. The molecule has 1 aliphatic heterocycles. The number of carbonyl (C=O) groups excluding carboxylic acids is 1. The average molecular weight is 197 g/mol. The predicted octanol–water partition coefficient (Wildman–Crippen LogP) is 1.62. The minimum absolute atomic E-state index is 0.00653. The van der Waals surface area contributed by atoms with Crippen LogP contribution in [0.1, 0.15) is 32.6 Å². The van der Waals surface area contributed by atoms with E-state index in [1.54, 1.807) is 6.26 Å². The summed E-state index contributed by atoms with van der Waals surface area (Å²) < 4.78 is 5.15. The van der Waals surface area contributed by atoms with E-state index < -0.39 is 0 Å². The molecule has 1 rings (SSSR count). The monoisotopic (exact) mass is 197 g/mol. The molecule has 1 aliphatic rings. The highest BCUT2D eigenvalue weighted by Crippen LogP contribution is 2.19. The Labute approximate surface area is 85.3 Å². The number of hydrogen-bond acceptors (Lipinski definition) is 3. The number of ketones is 1. The van der Waals surface area contributed by atoms with Crippen molar-refractivity contribution >= 4 is 5.78 Å². The summed E-state index contributed by atoms with van der Waals surface area (Å²) in [7, 11) is 0. The standard InChI is InChI=1S/C11H19NO2/c1-2-4-9(7-12)11(13)10-5-3-6-14-8-10/h8-9H,2-7,12H2,1H3. The number of nitrogens with two attached hydrogens (primary N) is 1. The Morgan fingerprint density at radius 3 is 3.00 bits per heavy atom. The molecule has 1 heterocycles. The summed E-state index contributed by atoms with van der Waals surface area (Å²) in [6.45, 7) is 3.25. The van der Waals surface area contributed by atoms with E-state index in [-0.39, 0.29) is 11.7 Å². The summed E-state index contributed by atoms with van der Waals surface area (Å²) in [5, 5.41) is 0. The average Bonchev–Trinajstić information content (AvgIpc) is 2.26. The predicted molar refractivity (Wildman–Crippen MR) is 55.7 cm³/mol. The maximum Gasteiger partial charge on any atom is 0.166 e. The molecule has 0 bridgehead atoms. The van der Waals surface area contributed by atoms with Gasteiger partial charge in [0.25, 0.3) is 0 Å². The van der Waals surface area contributed by atoms with Crippen molar-refractivity contribution in [1.29, 1.82) is 0 Å². The van der Waals surface area contributed by atoms with Crippen LogP contribution in [0.25, 0.3) is 0 Å². The van der Waals surface area contributed by atoms with Gasteiger partial charge in [0, 0.05) is 18.0 Å². The van der Waals surface area contributed by atoms with Gasteiger partial charge >= 0.3 is 0 Å². The Kier molecular flexibility index (Phi) is 4.66. The van der Waals surface area contributed by atoms with Crippen LogP contribution in [-0.4, -0.2) is 18.9 Å². The van der Waals surface area contributed by atoms with Crippen LogP contribution >= 0.6 is 0 Å². The minimum Gasteiger partial charge on any atom is -0.501 e. The quantitative estimate of drug-likeness (QED) is 0.728. The Bertz CT molecular complexity index is 223. The number of Topliss-reactive ketones (excluding diaryl/α,β-unsaturated/α-hetero) is 1. The topological polar surface area (TPSA) is 52.3 Å². The van der Waals surface area contributed by atoms with Crippen molar-refractivity contribution in [2.75, 3.05) is 13.2 Å². The van der Waals surface area contributed by atoms with Crippen LogP contribution in [0.3, 0.4) is 0 Å². The molecule has 3 heteroatoms. The first kappa shape index (κ1) is 11.2. The van der Waals surface area contributed by atoms with Crippen LogP contribution in [0.2, 0.25) is 0 Å². The van der Waals surface area contributed by atoms with Gasteiger partial charge in [-0.1, -0.05) is 13.3 Å². The molecule has 0 amide bonds. The lowest BCUT2D eigenvalue weighted by Crippen LogP contribution is -2.26. The van der Waals surface area contributed by atoms with Crippen molar-refractivity contribution < 1.29 is 9.53 Å². The van der Waals surface area contributed by atoms with E-state index in [0.717, 1.165) is 37.9 Å². The summed E-state index contributed by atoms with van der Waals surface area (Å²) >= 11 is 0. The lowest BCUT2D eigenvalue weighted by molar-refractivity contribution is -0.119. The van der Waals surface area contributed by atoms with E-state index in [1.165, 1.54) is 0 Å². The third-order valence-electron chi connectivity index (χ3n) is 2.54. The number of ether oxygens (including phenoxy) is 1. The van der Waals surface area contributed by atoms with E-state index >= 15 is 0 Å². The van der Waals surface area contributed by atoms with Gasteiger partial charge in [0.15, 0.2) is 5.78 Å². The molecule has 0 aromatic rings. The first-order chi connectivity index (χ1) is 6.79. The molecule has 0 saturated carbocycles. The van der Waals surface area contributed by atoms with Gasteiger partial charge in [-0.15, -0.1) is 0 Å². The van der Waals surface area contributed by atoms with Crippen LogP contribution in [0.15, 0.2) is 11.8 Å². The van der Waals surface area contributed by atoms with E-state index in [9.17, 15) is 4.79 Å². The highest BCUT2D eigenvalue weighted by Gasteiger charge is 2.21. The maximum absolute atomic E-state index is 11.9. The second kappa shape index (κ2) is 5.81. The molecule has 3 nitrogen and oxygen atoms in total. The van der Waals surface area contributed by atoms with Gasteiger partial charge < -0.3 is 10.5 Å². The fourth-order valence-corrected chi connectivity index (χ4v) is 1.71. The molecule has 0 saturated heterocycles. The summed E-state index contributed by atoms with van der Waals surface area (Å²) in [6.07, 6.45) is 5.29. The smallest absolute Gasteiger partial charge is 0.166 e. The zero-order chi connectivity index (χ0) is 10.4. The van der Waals surface area contributed by atoms with Crippen LogP contribution in [0.5, 0.6) is 0 Å². The third kappa shape index (κ3) is 2.84. The van der Waals surface area contributed by atoms with Crippen molar-refractivity contribution in [2.45, 2.75) is 32.6 Å². The second-order valence-corrected chi connectivity index (χ2v) is 3.70. The lowest BCUT2D eigenvalue weighted by Gasteiger charge is -2.17. The van der Waals surface area contributed by atoms with Crippen LogP contribution in [-0.2, 0) is 9.53 Å². The zero-order valence-corrected chi connectivity index (χ0v) is 8.79. The molecular weight excluding hydrogens is 178 g/mol. The lowest BCUT2D eigenvalue weighted by atomic mass is 9.91. The van der Waals surface area contributed by atoms with E-state index in [1.807, 2.05) is 0 Å². The molecule has 0 aromatic carbocycles. The fourth-order valence-electron chi connectivity index (χ4n) is 1.71. The Morgan fingerprint density at radius 2 is 2.50 bits per heavy atom. The Morgan fingerprint density at radius 1 is 1.71 bits per heavy atom. The molecular formula is C11H19NO2. The highest BCUT2D eigenvalue weighted by atomic mass is 16.5. The van der Waals surface area contributed by atoms with E-state index in [2.05, 4.69) is 6.92 Å². The van der Waals surface area contributed by atoms with Crippen LogP contribution in [0.4, 0.5) is 0 Å². The van der Waals surface area contributed by atoms with Gasteiger partial charge in [-0.25, -0.2) is 0 Å². The van der Waals surface area contributed by atoms with Gasteiger partial charge in [0.1, 0.15) is 0 Å². The first-order valence-corrected chi connectivity index (χ1v) is 5.34. The SMILES string of the molecule is CCCC(CN)C(=O)C1=COCCC1. The van der Waals surface area contributed by atoms with E-state index in [0.29, 0.717) is 6.54 Å². The maximum atomic E-state index is 11.9. The van der Waals surface area contributed by atoms with Gasteiger partial charge in [0.05, 0.1) is 12.9 Å². The molecule has 0 aromatic heterocycles. The van der Waals surface area contributed by atoms with Gasteiger partial charge in [-0.2, -0.15) is 0 Å². The molecule has 2 N–H and O–H groups in total. The normalized spacial score (nSPS) is 18.3. The van der Waals surface area contributed by atoms with Crippen molar-refractivity contribution in [3.63, 3.8) is 0 Å².